The van der Waals surface area contributed by atoms with E-state index in [2.05, 4.69) is 0 Å². The zero-order chi connectivity index (χ0) is 27.4. The quantitative estimate of drug-likeness (QED) is 0.349. The topological polar surface area (TPSA) is 55.8 Å². The summed E-state index contributed by atoms with van der Waals surface area (Å²) in [6.07, 6.45) is 8.09. The van der Waals surface area contributed by atoms with Gasteiger partial charge in [0, 0.05) is 18.0 Å². The fourth-order valence-electron chi connectivity index (χ4n) is 8.50. The zero-order valence-corrected chi connectivity index (χ0v) is 22.8. The number of halogens is 2. The van der Waals surface area contributed by atoms with Crippen LogP contribution in [0.15, 0.2) is 42.5 Å². The van der Waals surface area contributed by atoms with Crippen molar-refractivity contribution < 1.29 is 27.8 Å². The number of likely N-dealkylation sites (tertiary alicyclic amines) is 1. The van der Waals surface area contributed by atoms with Crippen LogP contribution in [0.4, 0.5) is 8.78 Å². The number of hydrogen-bond acceptors (Lipinski definition) is 4. The first-order valence-corrected chi connectivity index (χ1v) is 15.0. The smallest absolute Gasteiger partial charge is 0.332 e. The van der Waals surface area contributed by atoms with Gasteiger partial charge in [0.1, 0.15) is 24.3 Å². The molecule has 1 amide bonds. The van der Waals surface area contributed by atoms with Gasteiger partial charge in [-0.2, -0.15) is 0 Å². The second-order valence-corrected chi connectivity index (χ2v) is 13.2. The lowest BCUT2D eigenvalue weighted by molar-refractivity contribution is -0.151. The summed E-state index contributed by atoms with van der Waals surface area (Å²) >= 11 is 0. The van der Waals surface area contributed by atoms with Crippen LogP contribution in [0.25, 0.3) is 0 Å². The third kappa shape index (κ3) is 4.90. The van der Waals surface area contributed by atoms with Crippen molar-refractivity contribution in [2.24, 2.45) is 23.2 Å². The summed E-state index contributed by atoms with van der Waals surface area (Å²) in [6, 6.07) is 10.7. The van der Waals surface area contributed by atoms with Crippen molar-refractivity contribution >= 4 is 11.9 Å². The van der Waals surface area contributed by atoms with E-state index in [4.69, 9.17) is 9.47 Å². The molecule has 0 radical (unpaired) electrons. The number of rotatable bonds is 8. The van der Waals surface area contributed by atoms with Crippen LogP contribution in [0.1, 0.15) is 85.2 Å². The van der Waals surface area contributed by atoms with Crippen molar-refractivity contribution in [1.82, 2.24) is 4.90 Å². The van der Waals surface area contributed by atoms with E-state index >= 15 is 4.39 Å². The molecule has 5 nitrogen and oxygen atoms in total. The predicted octanol–water partition coefficient (Wildman–Crippen LogP) is 6.59. The summed E-state index contributed by atoms with van der Waals surface area (Å²) in [6.45, 7) is 0.627. The molecule has 0 unspecified atom stereocenters. The number of ether oxygens (including phenoxy) is 2. The highest BCUT2D eigenvalue weighted by Gasteiger charge is 2.51. The van der Waals surface area contributed by atoms with E-state index < -0.39 is 29.9 Å². The van der Waals surface area contributed by atoms with E-state index in [0.717, 1.165) is 46.6 Å². The highest BCUT2D eigenvalue weighted by atomic mass is 19.1. The zero-order valence-electron chi connectivity index (χ0n) is 22.8. The van der Waals surface area contributed by atoms with Crippen LogP contribution in [-0.2, 0) is 16.1 Å². The SMILES string of the molecule is O=C(OCc1ccccc1)[C@@H]1[C@@H](F)CCN1C(=O)c1cc(C2CC2)c(OCC23CC4CC(CC(C4)C2)C3)cc1F. The first kappa shape index (κ1) is 26.0. The van der Waals surface area contributed by atoms with Gasteiger partial charge in [-0.25, -0.2) is 13.6 Å². The molecule has 1 aliphatic heterocycles. The lowest BCUT2D eigenvalue weighted by atomic mass is 9.50. The maximum atomic E-state index is 15.6. The maximum absolute atomic E-state index is 15.6. The molecule has 0 aromatic heterocycles. The Kier molecular flexibility index (Phi) is 6.59. The van der Waals surface area contributed by atoms with Gasteiger partial charge in [0.2, 0.25) is 0 Å². The lowest BCUT2D eigenvalue weighted by Gasteiger charge is -2.56. The summed E-state index contributed by atoms with van der Waals surface area (Å²) in [5.74, 6) is 1.03. The maximum Gasteiger partial charge on any atom is 0.332 e. The molecule has 1 saturated heterocycles. The molecule has 2 aromatic rings. The molecule has 4 bridgehead atoms. The second kappa shape index (κ2) is 10.1. The van der Waals surface area contributed by atoms with Crippen LogP contribution >= 0.6 is 0 Å². The number of alkyl halides is 1. The minimum atomic E-state index is -1.55. The van der Waals surface area contributed by atoms with E-state index in [1.165, 1.54) is 44.6 Å². The van der Waals surface area contributed by atoms with Gasteiger partial charge in [-0.3, -0.25) is 4.79 Å². The molecule has 5 saturated carbocycles. The Bertz CT molecular complexity index is 1260. The standard InChI is InChI=1S/C33H37F2NO4/c34-27-8-9-36(30(27)32(38)39-18-20-4-2-1-3-5-20)31(37)26-13-25(24-6-7-24)29(14-28(26)35)40-19-33-15-21-10-22(16-33)12-23(11-21)17-33/h1-5,13-14,21-24,27,30H,6-12,15-19H2/t21?,22?,23?,27-,30-,33?/m0/s1. The molecule has 0 N–H and O–H groups in total. The van der Waals surface area contributed by atoms with Crippen LogP contribution in [0.2, 0.25) is 0 Å². The van der Waals surface area contributed by atoms with Crippen molar-refractivity contribution in [1.29, 1.82) is 0 Å². The van der Waals surface area contributed by atoms with Crippen molar-refractivity contribution in [3.05, 3.63) is 65.0 Å². The summed E-state index contributed by atoms with van der Waals surface area (Å²) < 4.78 is 42.2. The summed E-state index contributed by atoms with van der Waals surface area (Å²) in [5.41, 5.74) is 1.69. The minimum absolute atomic E-state index is 0.0130. The van der Waals surface area contributed by atoms with E-state index in [9.17, 15) is 14.0 Å². The molecule has 212 valence electrons. The van der Waals surface area contributed by atoms with Gasteiger partial charge in [-0.05, 0) is 98.7 Å². The first-order chi connectivity index (χ1) is 19.4. The summed E-state index contributed by atoms with van der Waals surface area (Å²) in [7, 11) is 0. The minimum Gasteiger partial charge on any atom is -0.493 e. The van der Waals surface area contributed by atoms with E-state index in [1.54, 1.807) is 18.2 Å². The Labute approximate surface area is 234 Å². The van der Waals surface area contributed by atoms with Crippen LogP contribution in [0.3, 0.4) is 0 Å². The molecule has 5 aliphatic carbocycles. The fourth-order valence-corrected chi connectivity index (χ4v) is 8.50. The van der Waals surface area contributed by atoms with Gasteiger partial charge in [0.25, 0.3) is 5.91 Å². The average molecular weight is 550 g/mol. The van der Waals surface area contributed by atoms with Crippen LogP contribution in [-0.4, -0.2) is 42.1 Å². The van der Waals surface area contributed by atoms with Gasteiger partial charge in [-0.15, -0.1) is 0 Å². The van der Waals surface area contributed by atoms with Gasteiger partial charge in [0.15, 0.2) is 6.04 Å². The van der Waals surface area contributed by atoms with E-state index in [1.807, 2.05) is 18.2 Å². The van der Waals surface area contributed by atoms with Crippen LogP contribution in [0, 0.1) is 29.0 Å². The summed E-state index contributed by atoms with van der Waals surface area (Å²) in [5, 5.41) is 0. The predicted molar refractivity (Wildman–Crippen MR) is 145 cm³/mol. The third-order valence-corrected chi connectivity index (χ3v) is 10.1. The number of carbonyl (C=O) groups excluding carboxylic acids is 2. The number of benzene rings is 2. The Balaban J connectivity index is 1.08. The van der Waals surface area contributed by atoms with Crippen LogP contribution in [0.5, 0.6) is 5.75 Å². The molecule has 8 rings (SSSR count). The second-order valence-electron chi connectivity index (χ2n) is 13.2. The lowest BCUT2D eigenvalue weighted by Crippen LogP contribution is -2.48. The highest BCUT2D eigenvalue weighted by Crippen LogP contribution is 2.60. The molecule has 6 fully saturated rings. The molecule has 0 spiro atoms. The number of carbonyl (C=O) groups is 2. The van der Waals surface area contributed by atoms with Crippen molar-refractivity contribution in [2.75, 3.05) is 13.2 Å². The van der Waals surface area contributed by atoms with Gasteiger partial charge < -0.3 is 14.4 Å². The number of hydrogen-bond donors (Lipinski definition) is 0. The van der Waals surface area contributed by atoms with Gasteiger partial charge in [0.05, 0.1) is 12.2 Å². The van der Waals surface area contributed by atoms with Crippen molar-refractivity contribution in [2.45, 2.75) is 82.5 Å². The Morgan fingerprint density at radius 1 is 0.950 bits per heavy atom. The number of nitrogens with zero attached hydrogens (tertiary/aromatic N) is 1. The summed E-state index contributed by atoms with van der Waals surface area (Å²) in [4.78, 5) is 27.6. The molecule has 1 heterocycles. The van der Waals surface area contributed by atoms with Crippen molar-refractivity contribution in [3.8, 4) is 5.75 Å². The van der Waals surface area contributed by atoms with Gasteiger partial charge >= 0.3 is 5.97 Å². The monoisotopic (exact) mass is 549 g/mol. The Hall–Kier alpha value is -2.96. The van der Waals surface area contributed by atoms with Crippen LogP contribution < -0.4 is 4.74 Å². The first-order valence-electron chi connectivity index (χ1n) is 15.0. The number of esters is 1. The largest absolute Gasteiger partial charge is 0.493 e. The molecule has 7 heteroatoms. The Morgan fingerprint density at radius 3 is 2.27 bits per heavy atom. The average Bonchev–Trinajstić information content (AvgIpc) is 3.71. The van der Waals surface area contributed by atoms with Gasteiger partial charge in [-0.1, -0.05) is 30.3 Å². The third-order valence-electron chi connectivity index (χ3n) is 10.1. The molecular weight excluding hydrogens is 512 g/mol. The van der Waals surface area contributed by atoms with E-state index in [-0.39, 0.29) is 36.5 Å². The fraction of sp³-hybridized carbons (Fsp3) is 0.576. The molecular formula is C33H37F2NO4. The van der Waals surface area contributed by atoms with Crippen molar-refractivity contribution in [3.63, 3.8) is 0 Å². The Morgan fingerprint density at radius 2 is 1.62 bits per heavy atom. The molecule has 40 heavy (non-hydrogen) atoms. The normalized spacial score (nSPS) is 32.4. The van der Waals surface area contributed by atoms with E-state index in [0.29, 0.717) is 12.4 Å². The molecule has 2 atom stereocenters. The number of amides is 1. The highest BCUT2D eigenvalue weighted by molar-refractivity contribution is 5.98. The molecule has 2 aromatic carbocycles. The molecule has 6 aliphatic rings.